The number of benzene rings is 2. The van der Waals surface area contributed by atoms with Crippen molar-refractivity contribution in [3.05, 3.63) is 65.9 Å². The zero-order valence-corrected chi connectivity index (χ0v) is 12.4. The van der Waals surface area contributed by atoms with E-state index < -0.39 is 10.0 Å². The van der Waals surface area contributed by atoms with Crippen molar-refractivity contribution in [2.45, 2.75) is 12.7 Å². The summed E-state index contributed by atoms with van der Waals surface area (Å²) >= 11 is 0. The first-order chi connectivity index (χ1) is 10.1. The van der Waals surface area contributed by atoms with E-state index in [1.54, 1.807) is 12.3 Å². The molecule has 0 aliphatic carbocycles. The SMILES string of the molecule is Cc1ccccc1CS(=O)(=O)Nc1cccc2cc[nH]c12. The van der Waals surface area contributed by atoms with Gasteiger partial charge in [0.25, 0.3) is 0 Å². The van der Waals surface area contributed by atoms with Crippen molar-refractivity contribution in [1.29, 1.82) is 0 Å². The molecule has 0 bridgehead atoms. The van der Waals surface area contributed by atoms with Crippen LogP contribution in [0.1, 0.15) is 11.1 Å². The van der Waals surface area contributed by atoms with E-state index in [4.69, 9.17) is 0 Å². The number of para-hydroxylation sites is 1. The number of fused-ring (bicyclic) bond motifs is 1. The summed E-state index contributed by atoms with van der Waals surface area (Å²) in [5.74, 6) is -0.0310. The molecular weight excluding hydrogens is 284 g/mol. The fourth-order valence-corrected chi connectivity index (χ4v) is 3.66. The van der Waals surface area contributed by atoms with Crippen LogP contribution in [0.5, 0.6) is 0 Å². The van der Waals surface area contributed by atoms with E-state index in [1.165, 1.54) is 0 Å². The van der Waals surface area contributed by atoms with Crippen LogP contribution in [0.15, 0.2) is 54.7 Å². The van der Waals surface area contributed by atoms with Gasteiger partial charge in [0.1, 0.15) is 0 Å². The van der Waals surface area contributed by atoms with Crippen molar-refractivity contribution >= 4 is 26.6 Å². The second kappa shape index (κ2) is 5.26. The van der Waals surface area contributed by atoms with Gasteiger partial charge in [0.2, 0.25) is 10.0 Å². The highest BCUT2D eigenvalue weighted by Gasteiger charge is 2.14. The summed E-state index contributed by atoms with van der Waals surface area (Å²) in [5.41, 5.74) is 3.15. The number of aromatic nitrogens is 1. The van der Waals surface area contributed by atoms with E-state index >= 15 is 0 Å². The molecule has 3 aromatic rings. The Morgan fingerprint density at radius 3 is 2.67 bits per heavy atom. The summed E-state index contributed by atoms with van der Waals surface area (Å²) in [6.45, 7) is 1.91. The summed E-state index contributed by atoms with van der Waals surface area (Å²) in [7, 11) is -3.45. The second-order valence-electron chi connectivity index (χ2n) is 5.04. The molecule has 21 heavy (non-hydrogen) atoms. The molecular formula is C16H16N2O2S. The highest BCUT2D eigenvalue weighted by molar-refractivity contribution is 7.91. The van der Waals surface area contributed by atoms with E-state index in [0.29, 0.717) is 5.69 Å². The average molecular weight is 300 g/mol. The smallest absolute Gasteiger partial charge is 0.236 e. The molecule has 4 nitrogen and oxygen atoms in total. The van der Waals surface area contributed by atoms with Gasteiger partial charge < -0.3 is 4.98 Å². The average Bonchev–Trinajstić information content (AvgIpc) is 2.90. The Bertz CT molecular complexity index is 882. The van der Waals surface area contributed by atoms with E-state index in [0.717, 1.165) is 22.0 Å². The number of anilines is 1. The molecule has 0 amide bonds. The number of hydrogen-bond acceptors (Lipinski definition) is 2. The van der Waals surface area contributed by atoms with Gasteiger partial charge in [0.05, 0.1) is 17.0 Å². The maximum Gasteiger partial charge on any atom is 0.236 e. The Hall–Kier alpha value is -2.27. The van der Waals surface area contributed by atoms with E-state index in [2.05, 4.69) is 9.71 Å². The minimum atomic E-state index is -3.45. The molecule has 0 atom stereocenters. The van der Waals surface area contributed by atoms with Crippen LogP contribution in [0.4, 0.5) is 5.69 Å². The van der Waals surface area contributed by atoms with Gasteiger partial charge in [-0.2, -0.15) is 0 Å². The fourth-order valence-electron chi connectivity index (χ4n) is 2.35. The summed E-state index contributed by atoms with van der Waals surface area (Å²) in [5, 5.41) is 0.978. The Morgan fingerprint density at radius 2 is 1.86 bits per heavy atom. The normalized spacial score (nSPS) is 11.7. The Labute approximate surface area is 123 Å². The standard InChI is InChI=1S/C16H16N2O2S/c1-12-5-2-3-6-14(12)11-21(19,20)18-15-8-4-7-13-9-10-17-16(13)15/h2-10,17-18H,11H2,1H3. The van der Waals surface area contributed by atoms with Crippen LogP contribution in [0.3, 0.4) is 0 Å². The summed E-state index contributed by atoms with van der Waals surface area (Å²) < 4.78 is 27.4. The van der Waals surface area contributed by atoms with Crippen molar-refractivity contribution in [2.24, 2.45) is 0 Å². The van der Waals surface area contributed by atoms with Gasteiger partial charge in [-0.1, -0.05) is 36.4 Å². The number of hydrogen-bond donors (Lipinski definition) is 2. The first kappa shape index (κ1) is 13.7. The third-order valence-electron chi connectivity index (χ3n) is 3.46. The Kier molecular flexibility index (Phi) is 3.43. The van der Waals surface area contributed by atoms with E-state index in [-0.39, 0.29) is 5.75 Å². The van der Waals surface area contributed by atoms with Crippen LogP contribution in [0.2, 0.25) is 0 Å². The van der Waals surface area contributed by atoms with Gasteiger partial charge in [-0.15, -0.1) is 0 Å². The van der Waals surface area contributed by atoms with Crippen LogP contribution in [-0.4, -0.2) is 13.4 Å². The molecule has 0 radical (unpaired) electrons. The first-order valence-corrected chi connectivity index (χ1v) is 8.31. The number of nitrogens with one attached hydrogen (secondary N) is 2. The third kappa shape index (κ3) is 2.92. The lowest BCUT2D eigenvalue weighted by atomic mass is 10.1. The van der Waals surface area contributed by atoms with Crippen LogP contribution < -0.4 is 4.72 Å². The highest BCUT2D eigenvalue weighted by atomic mass is 32.2. The number of rotatable bonds is 4. The predicted octanol–water partition coefficient (Wildman–Crippen LogP) is 3.42. The van der Waals surface area contributed by atoms with Crippen molar-refractivity contribution < 1.29 is 8.42 Å². The molecule has 3 rings (SSSR count). The van der Waals surface area contributed by atoms with Crippen molar-refractivity contribution in [2.75, 3.05) is 4.72 Å². The van der Waals surface area contributed by atoms with Crippen LogP contribution >= 0.6 is 0 Å². The lowest BCUT2D eigenvalue weighted by Crippen LogP contribution is -2.15. The van der Waals surface area contributed by atoms with Crippen LogP contribution in [-0.2, 0) is 15.8 Å². The maximum atomic E-state index is 12.4. The lowest BCUT2D eigenvalue weighted by molar-refractivity contribution is 0.600. The van der Waals surface area contributed by atoms with E-state index in [9.17, 15) is 8.42 Å². The summed E-state index contributed by atoms with van der Waals surface area (Å²) in [6, 6.07) is 14.9. The molecule has 5 heteroatoms. The zero-order valence-electron chi connectivity index (χ0n) is 11.6. The Balaban J connectivity index is 1.90. The molecule has 1 heterocycles. The van der Waals surface area contributed by atoms with Crippen molar-refractivity contribution in [3.8, 4) is 0 Å². The van der Waals surface area contributed by atoms with Gasteiger partial charge in [-0.05, 0) is 30.2 Å². The lowest BCUT2D eigenvalue weighted by Gasteiger charge is -2.10. The van der Waals surface area contributed by atoms with Gasteiger partial charge in [0.15, 0.2) is 0 Å². The molecule has 108 valence electrons. The fraction of sp³-hybridized carbons (Fsp3) is 0.125. The number of H-pyrrole nitrogens is 1. The number of aryl methyl sites for hydroxylation is 1. The van der Waals surface area contributed by atoms with Crippen LogP contribution in [0.25, 0.3) is 10.9 Å². The molecule has 0 aliphatic heterocycles. The molecule has 0 aliphatic rings. The number of sulfonamides is 1. The molecule has 0 saturated heterocycles. The topological polar surface area (TPSA) is 62.0 Å². The summed E-state index contributed by atoms with van der Waals surface area (Å²) in [6.07, 6.45) is 1.80. The summed E-state index contributed by atoms with van der Waals surface area (Å²) in [4.78, 5) is 3.06. The van der Waals surface area contributed by atoms with Crippen molar-refractivity contribution in [3.63, 3.8) is 0 Å². The monoisotopic (exact) mass is 300 g/mol. The molecule has 0 unspecified atom stereocenters. The first-order valence-electron chi connectivity index (χ1n) is 6.66. The quantitative estimate of drug-likeness (QED) is 0.775. The second-order valence-corrected chi connectivity index (χ2v) is 6.76. The predicted molar refractivity (Wildman–Crippen MR) is 85.7 cm³/mol. The zero-order chi connectivity index (χ0) is 14.9. The molecule has 2 N–H and O–H groups in total. The highest BCUT2D eigenvalue weighted by Crippen LogP contribution is 2.23. The maximum absolute atomic E-state index is 12.4. The van der Waals surface area contributed by atoms with Gasteiger partial charge in [-0.3, -0.25) is 4.72 Å². The largest absolute Gasteiger partial charge is 0.359 e. The minimum Gasteiger partial charge on any atom is -0.359 e. The number of aromatic amines is 1. The minimum absolute atomic E-state index is 0.0310. The molecule has 2 aromatic carbocycles. The Morgan fingerprint density at radius 1 is 1.05 bits per heavy atom. The van der Waals surface area contributed by atoms with E-state index in [1.807, 2.05) is 49.4 Å². The van der Waals surface area contributed by atoms with Gasteiger partial charge >= 0.3 is 0 Å². The van der Waals surface area contributed by atoms with Gasteiger partial charge in [-0.25, -0.2) is 8.42 Å². The molecule has 0 spiro atoms. The molecule has 0 saturated carbocycles. The molecule has 1 aromatic heterocycles. The third-order valence-corrected chi connectivity index (χ3v) is 4.68. The molecule has 0 fully saturated rings. The van der Waals surface area contributed by atoms with Crippen molar-refractivity contribution in [1.82, 2.24) is 4.98 Å². The van der Waals surface area contributed by atoms with Gasteiger partial charge in [0, 0.05) is 11.6 Å². The van der Waals surface area contributed by atoms with Crippen LogP contribution in [0, 0.1) is 6.92 Å².